The van der Waals surface area contributed by atoms with Crippen molar-refractivity contribution in [2.24, 2.45) is 0 Å². The average molecular weight is 288 g/mol. The third-order valence-electron chi connectivity index (χ3n) is 2.49. The minimum Gasteiger partial charge on any atom is -0.478 e. The third kappa shape index (κ3) is 4.20. The number of aliphatic hydroxyl groups excluding tert-OH is 2. The first kappa shape index (κ1) is 15.4. The van der Waals surface area contributed by atoms with Gasteiger partial charge >= 0.3 is 5.97 Å². The van der Waals surface area contributed by atoms with Crippen molar-refractivity contribution in [3.8, 4) is 0 Å². The zero-order chi connectivity index (χ0) is 14.6. The second-order valence-corrected chi connectivity index (χ2v) is 4.42. The number of hydrogen-bond acceptors (Lipinski definition) is 4. The van der Waals surface area contributed by atoms with Crippen molar-refractivity contribution < 1.29 is 24.9 Å². The molecule has 19 heavy (non-hydrogen) atoms. The summed E-state index contributed by atoms with van der Waals surface area (Å²) in [6.45, 7) is 1.07. The van der Waals surface area contributed by atoms with Crippen molar-refractivity contribution in [1.82, 2.24) is 5.32 Å². The van der Waals surface area contributed by atoms with Crippen LogP contribution in [0, 0.1) is 0 Å². The van der Waals surface area contributed by atoms with Gasteiger partial charge in [-0.3, -0.25) is 4.79 Å². The molecule has 7 heteroatoms. The molecule has 2 unspecified atom stereocenters. The summed E-state index contributed by atoms with van der Waals surface area (Å²) in [6.07, 6.45) is -2.79. The minimum atomic E-state index is -1.46. The van der Waals surface area contributed by atoms with E-state index in [2.05, 4.69) is 5.32 Å². The van der Waals surface area contributed by atoms with Gasteiger partial charge in [-0.05, 0) is 23.8 Å². The van der Waals surface area contributed by atoms with E-state index in [0.717, 1.165) is 0 Å². The van der Waals surface area contributed by atoms with E-state index in [4.69, 9.17) is 16.7 Å². The molecule has 0 bridgehead atoms. The number of halogens is 1. The quantitative estimate of drug-likeness (QED) is 0.633. The van der Waals surface area contributed by atoms with Gasteiger partial charge in [0.25, 0.3) is 0 Å². The summed E-state index contributed by atoms with van der Waals surface area (Å²) in [4.78, 5) is 21.7. The number of carbonyl (C=O) groups is 2. The van der Waals surface area contributed by atoms with Crippen LogP contribution in [0.25, 0.3) is 0 Å². The number of carboxylic acid groups (broad SMARTS) is 1. The normalized spacial score (nSPS) is 13.7. The first-order valence-electron chi connectivity index (χ1n) is 5.46. The second kappa shape index (κ2) is 6.51. The van der Waals surface area contributed by atoms with Crippen LogP contribution in [0.2, 0.25) is 5.02 Å². The van der Waals surface area contributed by atoms with Crippen LogP contribution in [0.15, 0.2) is 18.2 Å². The lowest BCUT2D eigenvalue weighted by Crippen LogP contribution is -2.34. The number of benzene rings is 1. The molecule has 0 heterocycles. The Morgan fingerprint density at radius 1 is 1.37 bits per heavy atom. The van der Waals surface area contributed by atoms with Crippen molar-refractivity contribution in [1.29, 1.82) is 0 Å². The van der Waals surface area contributed by atoms with Crippen LogP contribution in [-0.2, 0) is 4.79 Å². The maximum absolute atomic E-state index is 11.0. The zero-order valence-electron chi connectivity index (χ0n) is 10.1. The number of hydrogen-bond donors (Lipinski definition) is 4. The van der Waals surface area contributed by atoms with Crippen molar-refractivity contribution in [3.63, 3.8) is 0 Å². The Kier molecular flexibility index (Phi) is 5.29. The highest BCUT2D eigenvalue weighted by Crippen LogP contribution is 2.24. The van der Waals surface area contributed by atoms with Gasteiger partial charge in [0.2, 0.25) is 5.91 Å². The maximum atomic E-state index is 11.0. The third-order valence-corrected chi connectivity index (χ3v) is 2.72. The number of aliphatic hydroxyl groups is 2. The van der Waals surface area contributed by atoms with Gasteiger partial charge < -0.3 is 20.6 Å². The Hall–Kier alpha value is -1.63. The Labute approximate surface area is 114 Å². The number of carbonyl (C=O) groups excluding carboxylic acids is 1. The molecule has 0 aliphatic heterocycles. The molecule has 1 aromatic carbocycles. The molecule has 4 N–H and O–H groups in total. The predicted octanol–water partition coefficient (Wildman–Crippen LogP) is 0.569. The Bertz CT molecular complexity index is 491. The van der Waals surface area contributed by atoms with Crippen molar-refractivity contribution in [3.05, 3.63) is 34.3 Å². The van der Waals surface area contributed by atoms with Gasteiger partial charge in [0.05, 0.1) is 5.56 Å². The summed E-state index contributed by atoms with van der Waals surface area (Å²) in [6, 6.07) is 3.89. The molecule has 0 aliphatic rings. The number of aromatic carboxylic acids is 1. The molecular formula is C12H14ClNO5. The fraction of sp³-hybridized carbons (Fsp3) is 0.333. The van der Waals surface area contributed by atoms with Crippen LogP contribution in [0.3, 0.4) is 0 Å². The first-order valence-corrected chi connectivity index (χ1v) is 5.84. The molecule has 104 valence electrons. The van der Waals surface area contributed by atoms with Gasteiger partial charge in [0, 0.05) is 18.5 Å². The predicted molar refractivity (Wildman–Crippen MR) is 68.1 cm³/mol. The molecule has 0 aliphatic carbocycles. The number of rotatable bonds is 5. The van der Waals surface area contributed by atoms with E-state index in [1.54, 1.807) is 0 Å². The summed E-state index contributed by atoms with van der Waals surface area (Å²) in [5, 5.41) is 31.2. The lowest BCUT2D eigenvalue weighted by molar-refractivity contribution is -0.119. The van der Waals surface area contributed by atoms with Gasteiger partial charge in [-0.1, -0.05) is 11.6 Å². The van der Waals surface area contributed by atoms with Gasteiger partial charge in [0.1, 0.15) is 12.2 Å². The Morgan fingerprint density at radius 2 is 2.00 bits per heavy atom. The van der Waals surface area contributed by atoms with E-state index in [9.17, 15) is 19.8 Å². The van der Waals surface area contributed by atoms with E-state index in [1.807, 2.05) is 0 Å². The van der Waals surface area contributed by atoms with Crippen LogP contribution in [0.1, 0.15) is 28.9 Å². The standard InChI is InChI=1S/C12H14ClNO5/c1-6(15)14-5-10(16)11(17)9-4-7(13)2-3-8(9)12(18)19/h2-4,10-11,16-17H,5H2,1H3,(H,14,15)(H,18,19). The lowest BCUT2D eigenvalue weighted by atomic mass is 9.98. The van der Waals surface area contributed by atoms with Gasteiger partial charge in [-0.25, -0.2) is 4.79 Å². The smallest absolute Gasteiger partial charge is 0.336 e. The van der Waals surface area contributed by atoms with Gasteiger partial charge in [-0.15, -0.1) is 0 Å². The fourth-order valence-electron chi connectivity index (χ4n) is 1.54. The largest absolute Gasteiger partial charge is 0.478 e. The molecule has 1 aromatic rings. The fourth-order valence-corrected chi connectivity index (χ4v) is 1.72. The monoisotopic (exact) mass is 287 g/mol. The summed E-state index contributed by atoms with van der Waals surface area (Å²) in [5.74, 6) is -1.60. The van der Waals surface area contributed by atoms with E-state index in [-0.39, 0.29) is 28.6 Å². The molecule has 1 amide bonds. The molecule has 6 nitrogen and oxygen atoms in total. The summed E-state index contributed by atoms with van der Waals surface area (Å²) < 4.78 is 0. The van der Waals surface area contributed by atoms with Crippen LogP contribution >= 0.6 is 11.6 Å². The molecule has 0 fully saturated rings. The minimum absolute atomic E-state index is 0.00199. The SMILES string of the molecule is CC(=O)NCC(O)C(O)c1cc(Cl)ccc1C(=O)O. The Morgan fingerprint density at radius 3 is 2.53 bits per heavy atom. The summed E-state index contributed by atoms with van der Waals surface area (Å²) >= 11 is 5.74. The zero-order valence-corrected chi connectivity index (χ0v) is 10.9. The van der Waals surface area contributed by atoms with Gasteiger partial charge in [-0.2, -0.15) is 0 Å². The van der Waals surface area contributed by atoms with E-state index < -0.39 is 18.2 Å². The molecule has 0 saturated heterocycles. The molecule has 0 aromatic heterocycles. The van der Waals surface area contributed by atoms with Crippen LogP contribution in [0.5, 0.6) is 0 Å². The second-order valence-electron chi connectivity index (χ2n) is 3.99. The lowest BCUT2D eigenvalue weighted by Gasteiger charge is -2.20. The van der Waals surface area contributed by atoms with Crippen LogP contribution in [-0.4, -0.2) is 39.8 Å². The molecule has 0 spiro atoms. The van der Waals surface area contributed by atoms with Gasteiger partial charge in [0.15, 0.2) is 0 Å². The summed E-state index contributed by atoms with van der Waals surface area (Å²) in [5.41, 5.74) is -0.156. The van der Waals surface area contributed by atoms with Crippen molar-refractivity contribution >= 4 is 23.5 Å². The number of amides is 1. The highest BCUT2D eigenvalue weighted by atomic mass is 35.5. The van der Waals surface area contributed by atoms with E-state index in [1.165, 1.54) is 25.1 Å². The average Bonchev–Trinajstić information content (AvgIpc) is 2.34. The number of nitrogens with one attached hydrogen (secondary N) is 1. The van der Waals surface area contributed by atoms with E-state index in [0.29, 0.717) is 0 Å². The van der Waals surface area contributed by atoms with Crippen LogP contribution in [0.4, 0.5) is 0 Å². The van der Waals surface area contributed by atoms with Crippen molar-refractivity contribution in [2.45, 2.75) is 19.1 Å². The maximum Gasteiger partial charge on any atom is 0.336 e. The van der Waals surface area contributed by atoms with Crippen LogP contribution < -0.4 is 5.32 Å². The highest BCUT2D eigenvalue weighted by Gasteiger charge is 2.24. The first-order chi connectivity index (χ1) is 8.82. The molecular weight excluding hydrogens is 274 g/mol. The molecule has 0 radical (unpaired) electrons. The Balaban J connectivity index is 2.97. The topological polar surface area (TPSA) is 107 Å². The summed E-state index contributed by atoms with van der Waals surface area (Å²) in [7, 11) is 0. The van der Waals surface area contributed by atoms with Crippen molar-refractivity contribution in [2.75, 3.05) is 6.54 Å². The number of carboxylic acids is 1. The molecule has 0 saturated carbocycles. The van der Waals surface area contributed by atoms with E-state index >= 15 is 0 Å². The highest BCUT2D eigenvalue weighted by molar-refractivity contribution is 6.30. The molecule has 1 rings (SSSR count). The molecule has 2 atom stereocenters.